The standard InChI is InChI=1S/C4H8S/c1-2-3-4-5/h2,5H,1,3-4H2/p-1. The zero-order valence-corrected chi connectivity index (χ0v) is 3.92. The van der Waals surface area contributed by atoms with E-state index in [1.807, 2.05) is 6.08 Å². The van der Waals surface area contributed by atoms with Crippen molar-refractivity contribution in [3.8, 4) is 0 Å². The highest BCUT2D eigenvalue weighted by atomic mass is 32.1. The largest absolute Gasteiger partial charge is 0.792 e. The Labute approximate surface area is 38.3 Å². The average molecular weight is 87.2 g/mol. The molecule has 0 unspecified atom stereocenters. The molecular weight excluding hydrogens is 80.1 g/mol. The first-order valence-electron chi connectivity index (χ1n) is 1.61. The van der Waals surface area contributed by atoms with Crippen LogP contribution in [0.15, 0.2) is 12.7 Å². The Morgan fingerprint density at radius 3 is 2.40 bits per heavy atom. The van der Waals surface area contributed by atoms with Crippen LogP contribution in [0.3, 0.4) is 0 Å². The molecule has 0 bridgehead atoms. The molecule has 0 fully saturated rings. The van der Waals surface area contributed by atoms with E-state index in [0.717, 1.165) is 12.2 Å². The quantitative estimate of drug-likeness (QED) is 0.359. The zero-order valence-electron chi connectivity index (χ0n) is 3.11. The third-order valence-corrected chi connectivity index (χ3v) is 0.558. The molecule has 0 nitrogen and oxygen atoms in total. The first-order chi connectivity index (χ1) is 2.41. The predicted molar refractivity (Wildman–Crippen MR) is 27.0 cm³/mol. The number of hydrogen-bond donors (Lipinski definition) is 0. The lowest BCUT2D eigenvalue weighted by atomic mass is 10.5. The van der Waals surface area contributed by atoms with Gasteiger partial charge in [-0.3, -0.25) is 0 Å². The van der Waals surface area contributed by atoms with Gasteiger partial charge < -0.3 is 12.6 Å². The van der Waals surface area contributed by atoms with E-state index in [0.29, 0.717) is 0 Å². The molecule has 0 saturated heterocycles. The van der Waals surface area contributed by atoms with E-state index in [1.165, 1.54) is 0 Å². The highest BCUT2D eigenvalue weighted by Gasteiger charge is 1.51. The molecule has 5 heavy (non-hydrogen) atoms. The first kappa shape index (κ1) is 5.09. The van der Waals surface area contributed by atoms with Gasteiger partial charge in [-0.25, -0.2) is 0 Å². The molecule has 0 atom stereocenters. The molecule has 0 radical (unpaired) electrons. The molecule has 0 aliphatic heterocycles. The minimum Gasteiger partial charge on any atom is -0.792 e. The molecule has 0 aromatic carbocycles. The molecule has 0 N–H and O–H groups in total. The Bertz CT molecular complexity index is 24.8. The Hall–Kier alpha value is 0.0900. The summed E-state index contributed by atoms with van der Waals surface area (Å²) in [6, 6.07) is 0. The summed E-state index contributed by atoms with van der Waals surface area (Å²) >= 11 is 4.58. The van der Waals surface area contributed by atoms with Crippen molar-refractivity contribution in [3.63, 3.8) is 0 Å². The molecule has 30 valence electrons. The van der Waals surface area contributed by atoms with Gasteiger partial charge in [0.2, 0.25) is 0 Å². The SMILES string of the molecule is C=CCC[S-]. The number of hydrogen-bond acceptors (Lipinski definition) is 1. The fourth-order valence-corrected chi connectivity index (χ4v) is 0.250. The highest BCUT2D eigenvalue weighted by molar-refractivity contribution is 7.58. The maximum absolute atomic E-state index is 4.58. The second kappa shape index (κ2) is 4.09. The van der Waals surface area contributed by atoms with Crippen LogP contribution in [0, 0.1) is 0 Å². The summed E-state index contributed by atoms with van der Waals surface area (Å²) in [6.07, 6.45) is 2.79. The smallest absolute Gasteiger partial charge is 0.0573 e. The maximum Gasteiger partial charge on any atom is -0.0573 e. The number of allylic oxidation sites excluding steroid dienone is 1. The minimum atomic E-state index is 0.809. The van der Waals surface area contributed by atoms with Crippen molar-refractivity contribution < 1.29 is 0 Å². The fourth-order valence-electron chi connectivity index (χ4n) is 0.0833. The summed E-state index contributed by atoms with van der Waals surface area (Å²) in [5.41, 5.74) is 0. The van der Waals surface area contributed by atoms with Crippen LogP contribution in [0.1, 0.15) is 6.42 Å². The van der Waals surface area contributed by atoms with Crippen LogP contribution in [-0.2, 0) is 12.6 Å². The number of rotatable bonds is 2. The normalized spacial score (nSPS) is 7.40. The van der Waals surface area contributed by atoms with Gasteiger partial charge in [0.15, 0.2) is 0 Å². The van der Waals surface area contributed by atoms with Gasteiger partial charge in [0.25, 0.3) is 0 Å². The van der Waals surface area contributed by atoms with E-state index in [2.05, 4.69) is 19.2 Å². The zero-order chi connectivity index (χ0) is 4.12. The van der Waals surface area contributed by atoms with Gasteiger partial charge in [0, 0.05) is 0 Å². The second-order valence-corrected chi connectivity index (χ2v) is 1.19. The summed E-state index contributed by atoms with van der Waals surface area (Å²) in [5.74, 6) is 0.809. The van der Waals surface area contributed by atoms with Crippen LogP contribution in [0.5, 0.6) is 0 Å². The Morgan fingerprint density at radius 1 is 1.80 bits per heavy atom. The molecule has 0 aromatic heterocycles. The lowest BCUT2D eigenvalue weighted by Gasteiger charge is -1.91. The topological polar surface area (TPSA) is 0 Å². The summed E-state index contributed by atoms with van der Waals surface area (Å²) < 4.78 is 0. The summed E-state index contributed by atoms with van der Waals surface area (Å²) in [7, 11) is 0. The van der Waals surface area contributed by atoms with E-state index in [1.54, 1.807) is 0 Å². The second-order valence-electron chi connectivity index (χ2n) is 0.781. The van der Waals surface area contributed by atoms with Crippen molar-refractivity contribution in [3.05, 3.63) is 12.7 Å². The fraction of sp³-hybridized carbons (Fsp3) is 0.500. The summed E-state index contributed by atoms with van der Waals surface area (Å²) in [5, 5.41) is 0. The molecule has 0 rings (SSSR count). The average Bonchev–Trinajstić information content (AvgIpc) is 1.41. The lowest BCUT2D eigenvalue weighted by molar-refractivity contribution is 1.26. The Balaban J connectivity index is 2.40. The van der Waals surface area contributed by atoms with Crippen molar-refractivity contribution in [2.45, 2.75) is 6.42 Å². The maximum atomic E-state index is 4.58. The molecule has 1 heteroatoms. The molecular formula is C4H7S-. The van der Waals surface area contributed by atoms with Crippen molar-refractivity contribution in [2.75, 3.05) is 5.75 Å². The van der Waals surface area contributed by atoms with Gasteiger partial charge in [-0.05, 0) is 0 Å². The molecule has 0 saturated carbocycles. The van der Waals surface area contributed by atoms with Crippen LogP contribution >= 0.6 is 0 Å². The minimum absolute atomic E-state index is 0.809. The third-order valence-electron chi connectivity index (χ3n) is 0.322. The van der Waals surface area contributed by atoms with E-state index in [9.17, 15) is 0 Å². The van der Waals surface area contributed by atoms with Crippen LogP contribution in [0.2, 0.25) is 0 Å². The van der Waals surface area contributed by atoms with Gasteiger partial charge in [-0.2, -0.15) is 5.75 Å². The summed E-state index contributed by atoms with van der Waals surface area (Å²) in [6.45, 7) is 3.48. The van der Waals surface area contributed by atoms with Gasteiger partial charge in [0.05, 0.1) is 0 Å². The predicted octanol–water partition coefficient (Wildman–Crippen LogP) is 1.11. The summed E-state index contributed by atoms with van der Waals surface area (Å²) in [4.78, 5) is 0. The molecule has 0 heterocycles. The first-order valence-corrected chi connectivity index (χ1v) is 2.18. The molecule has 0 spiro atoms. The highest BCUT2D eigenvalue weighted by Crippen LogP contribution is 1.71. The van der Waals surface area contributed by atoms with Crippen LogP contribution in [-0.4, -0.2) is 5.75 Å². The van der Waals surface area contributed by atoms with E-state index in [4.69, 9.17) is 0 Å². The van der Waals surface area contributed by atoms with Crippen LogP contribution in [0.4, 0.5) is 0 Å². The Morgan fingerprint density at radius 2 is 2.40 bits per heavy atom. The lowest BCUT2D eigenvalue weighted by Crippen LogP contribution is -1.66. The van der Waals surface area contributed by atoms with Crippen molar-refractivity contribution >= 4 is 12.6 Å². The molecule has 0 aromatic rings. The third kappa shape index (κ3) is 4.09. The van der Waals surface area contributed by atoms with E-state index >= 15 is 0 Å². The van der Waals surface area contributed by atoms with Gasteiger partial charge in [-0.15, -0.1) is 6.58 Å². The van der Waals surface area contributed by atoms with Gasteiger partial charge >= 0.3 is 0 Å². The Kier molecular flexibility index (Phi) is 4.16. The van der Waals surface area contributed by atoms with Crippen LogP contribution in [0.25, 0.3) is 0 Å². The monoisotopic (exact) mass is 87.0 g/mol. The van der Waals surface area contributed by atoms with Crippen molar-refractivity contribution in [1.29, 1.82) is 0 Å². The van der Waals surface area contributed by atoms with Crippen LogP contribution < -0.4 is 0 Å². The van der Waals surface area contributed by atoms with Crippen molar-refractivity contribution in [2.24, 2.45) is 0 Å². The molecule has 0 aliphatic carbocycles. The van der Waals surface area contributed by atoms with E-state index in [-0.39, 0.29) is 0 Å². The molecule has 0 aliphatic rings. The van der Waals surface area contributed by atoms with Crippen molar-refractivity contribution in [1.82, 2.24) is 0 Å². The van der Waals surface area contributed by atoms with Gasteiger partial charge in [0.1, 0.15) is 0 Å². The molecule has 0 amide bonds. The van der Waals surface area contributed by atoms with E-state index < -0.39 is 0 Å². The van der Waals surface area contributed by atoms with Gasteiger partial charge in [-0.1, -0.05) is 12.5 Å².